The fourth-order valence-electron chi connectivity index (χ4n) is 2.45. The second-order valence-corrected chi connectivity index (χ2v) is 5.53. The van der Waals surface area contributed by atoms with Crippen LogP contribution in [-0.2, 0) is 0 Å². The van der Waals surface area contributed by atoms with E-state index in [4.69, 9.17) is 0 Å². The van der Waals surface area contributed by atoms with Crippen molar-refractivity contribution in [1.82, 2.24) is 10.2 Å². The van der Waals surface area contributed by atoms with Crippen LogP contribution in [0.4, 0.5) is 5.69 Å². The van der Waals surface area contributed by atoms with Gasteiger partial charge >= 0.3 is 0 Å². The smallest absolute Gasteiger partial charge is 0.272 e. The number of aromatic amines is 1. The maximum atomic E-state index is 12.2. The summed E-state index contributed by atoms with van der Waals surface area (Å²) in [5.41, 5.74) is 3.33. The summed E-state index contributed by atoms with van der Waals surface area (Å²) in [6.45, 7) is 1.61. The van der Waals surface area contributed by atoms with Crippen LogP contribution in [-0.4, -0.2) is 20.9 Å². The zero-order valence-electron chi connectivity index (χ0n) is 13.5. The van der Waals surface area contributed by atoms with E-state index in [9.17, 15) is 14.9 Å². The quantitative estimate of drug-likeness (QED) is 0.328. The number of rotatable bonds is 5. The first-order valence-electron chi connectivity index (χ1n) is 7.63. The van der Waals surface area contributed by atoms with Crippen LogP contribution in [0.15, 0.2) is 60.7 Å². The van der Waals surface area contributed by atoms with E-state index in [0.717, 1.165) is 11.3 Å². The molecule has 3 rings (SSSR count). The number of carbonyl (C=O) groups excluding carboxylic acids is 1. The molecule has 1 N–H and O–H groups in total. The molecule has 6 nitrogen and oxygen atoms in total. The van der Waals surface area contributed by atoms with Gasteiger partial charge in [-0.3, -0.25) is 20.0 Å². The fourth-order valence-corrected chi connectivity index (χ4v) is 2.45. The van der Waals surface area contributed by atoms with Gasteiger partial charge in [-0.1, -0.05) is 30.3 Å². The molecule has 1 aromatic heterocycles. The molecule has 0 aliphatic rings. The van der Waals surface area contributed by atoms with Crippen molar-refractivity contribution >= 4 is 17.5 Å². The number of nitrogens with zero attached hydrogens (tertiary/aromatic N) is 2. The van der Waals surface area contributed by atoms with E-state index in [0.29, 0.717) is 16.8 Å². The molecule has 0 saturated carbocycles. The Kier molecular flexibility index (Phi) is 4.52. The lowest BCUT2D eigenvalue weighted by molar-refractivity contribution is -0.385. The summed E-state index contributed by atoms with van der Waals surface area (Å²) in [6, 6.07) is 15.9. The van der Waals surface area contributed by atoms with Crippen molar-refractivity contribution < 1.29 is 9.72 Å². The van der Waals surface area contributed by atoms with Gasteiger partial charge in [0, 0.05) is 22.8 Å². The molecule has 1 heterocycles. The van der Waals surface area contributed by atoms with Crippen molar-refractivity contribution in [2.75, 3.05) is 0 Å². The standard InChI is InChI=1S/C19H15N3O3/c1-13-11-15(7-9-18(13)22(24)25)19(23)10-8-16-12-17(21-20-16)14-5-3-2-4-6-14/h2-12H,1H3,(H,20,21)/b10-8+. The number of benzene rings is 2. The summed E-state index contributed by atoms with van der Waals surface area (Å²) in [6.07, 6.45) is 3.06. The molecule has 0 aliphatic heterocycles. The number of hydrogen-bond acceptors (Lipinski definition) is 4. The summed E-state index contributed by atoms with van der Waals surface area (Å²) in [5, 5.41) is 17.9. The summed E-state index contributed by atoms with van der Waals surface area (Å²) < 4.78 is 0. The lowest BCUT2D eigenvalue weighted by Crippen LogP contribution is -1.98. The highest BCUT2D eigenvalue weighted by Gasteiger charge is 2.12. The minimum atomic E-state index is -0.463. The lowest BCUT2D eigenvalue weighted by atomic mass is 10.1. The van der Waals surface area contributed by atoms with Gasteiger partial charge in [0.25, 0.3) is 5.69 Å². The average Bonchev–Trinajstić information content (AvgIpc) is 3.09. The molecule has 0 radical (unpaired) electrons. The highest BCUT2D eigenvalue weighted by molar-refractivity contribution is 6.07. The third-order valence-corrected chi connectivity index (χ3v) is 3.76. The van der Waals surface area contributed by atoms with Crippen molar-refractivity contribution in [3.63, 3.8) is 0 Å². The van der Waals surface area contributed by atoms with E-state index in [-0.39, 0.29) is 11.5 Å². The second-order valence-electron chi connectivity index (χ2n) is 5.53. The Labute approximate surface area is 144 Å². The third kappa shape index (κ3) is 3.69. The van der Waals surface area contributed by atoms with Crippen molar-refractivity contribution in [3.8, 4) is 11.3 Å². The molecule has 6 heteroatoms. The van der Waals surface area contributed by atoms with Crippen LogP contribution < -0.4 is 0 Å². The Morgan fingerprint density at radius 3 is 2.60 bits per heavy atom. The third-order valence-electron chi connectivity index (χ3n) is 3.76. The minimum Gasteiger partial charge on any atom is -0.289 e. The van der Waals surface area contributed by atoms with Gasteiger partial charge in [-0.25, -0.2) is 0 Å². The molecule has 0 fully saturated rings. The molecule has 0 aliphatic carbocycles. The van der Waals surface area contributed by atoms with Gasteiger partial charge in [0.1, 0.15) is 0 Å². The Morgan fingerprint density at radius 2 is 1.92 bits per heavy atom. The van der Waals surface area contributed by atoms with Gasteiger partial charge < -0.3 is 0 Å². The molecule has 0 unspecified atom stereocenters. The van der Waals surface area contributed by atoms with E-state index in [1.807, 2.05) is 36.4 Å². The number of H-pyrrole nitrogens is 1. The van der Waals surface area contributed by atoms with E-state index in [2.05, 4.69) is 10.2 Å². The van der Waals surface area contributed by atoms with Crippen LogP contribution in [0.2, 0.25) is 0 Å². The molecule has 0 spiro atoms. The number of nitro benzene ring substituents is 1. The minimum absolute atomic E-state index is 0.00148. The topological polar surface area (TPSA) is 88.9 Å². The van der Waals surface area contributed by atoms with Crippen molar-refractivity contribution in [2.24, 2.45) is 0 Å². The Bertz CT molecular complexity index is 959. The number of carbonyl (C=O) groups is 1. The summed E-state index contributed by atoms with van der Waals surface area (Å²) in [7, 11) is 0. The Hall–Kier alpha value is -3.54. The Morgan fingerprint density at radius 1 is 1.16 bits per heavy atom. The molecular formula is C19H15N3O3. The SMILES string of the molecule is Cc1cc(C(=O)/C=C/c2cc(-c3ccccc3)n[nH]2)ccc1[N+](=O)[O-]. The zero-order valence-corrected chi connectivity index (χ0v) is 13.5. The highest BCUT2D eigenvalue weighted by atomic mass is 16.6. The fraction of sp³-hybridized carbons (Fsp3) is 0.0526. The first-order valence-corrected chi connectivity index (χ1v) is 7.63. The molecule has 0 amide bonds. The van der Waals surface area contributed by atoms with Gasteiger partial charge in [-0.15, -0.1) is 0 Å². The van der Waals surface area contributed by atoms with Crippen molar-refractivity contribution in [2.45, 2.75) is 6.92 Å². The number of aromatic nitrogens is 2. The molecule has 0 saturated heterocycles. The average molecular weight is 333 g/mol. The second kappa shape index (κ2) is 6.92. The highest BCUT2D eigenvalue weighted by Crippen LogP contribution is 2.20. The van der Waals surface area contributed by atoms with Crippen molar-refractivity contribution in [3.05, 3.63) is 87.6 Å². The first-order chi connectivity index (χ1) is 12.0. The molecule has 0 atom stereocenters. The van der Waals surface area contributed by atoms with Gasteiger partial charge in [0.15, 0.2) is 5.78 Å². The summed E-state index contributed by atoms with van der Waals surface area (Å²) in [5.74, 6) is -0.228. The summed E-state index contributed by atoms with van der Waals surface area (Å²) in [4.78, 5) is 22.6. The molecule has 0 bridgehead atoms. The number of allylic oxidation sites excluding steroid dienone is 1. The van der Waals surface area contributed by atoms with Crippen LogP contribution in [0.1, 0.15) is 21.6 Å². The van der Waals surface area contributed by atoms with Crippen LogP contribution in [0.3, 0.4) is 0 Å². The van der Waals surface area contributed by atoms with Crippen molar-refractivity contribution in [1.29, 1.82) is 0 Å². The van der Waals surface area contributed by atoms with Gasteiger partial charge in [-0.2, -0.15) is 5.10 Å². The van der Waals surface area contributed by atoms with Gasteiger partial charge in [0.2, 0.25) is 0 Å². The number of hydrogen-bond donors (Lipinski definition) is 1. The van der Waals surface area contributed by atoms with E-state index >= 15 is 0 Å². The van der Waals surface area contributed by atoms with Gasteiger partial charge in [-0.05, 0) is 37.3 Å². The number of ketones is 1. The number of nitrogens with one attached hydrogen (secondary N) is 1. The maximum Gasteiger partial charge on any atom is 0.272 e. The molecule has 2 aromatic carbocycles. The molecule has 124 valence electrons. The van der Waals surface area contributed by atoms with Crippen LogP contribution in [0.25, 0.3) is 17.3 Å². The molecule has 25 heavy (non-hydrogen) atoms. The molecular weight excluding hydrogens is 318 g/mol. The maximum absolute atomic E-state index is 12.2. The Balaban J connectivity index is 1.76. The van der Waals surface area contributed by atoms with Crippen LogP contribution in [0, 0.1) is 17.0 Å². The van der Waals surface area contributed by atoms with Gasteiger partial charge in [0.05, 0.1) is 16.3 Å². The van der Waals surface area contributed by atoms with Crippen LogP contribution >= 0.6 is 0 Å². The van der Waals surface area contributed by atoms with E-state index in [1.54, 1.807) is 13.0 Å². The molecule has 3 aromatic rings. The number of nitro groups is 1. The predicted octanol–water partition coefficient (Wildman–Crippen LogP) is 4.19. The monoisotopic (exact) mass is 333 g/mol. The largest absolute Gasteiger partial charge is 0.289 e. The van der Waals surface area contributed by atoms with E-state index < -0.39 is 4.92 Å². The first kappa shape index (κ1) is 16.3. The zero-order chi connectivity index (χ0) is 17.8. The lowest BCUT2D eigenvalue weighted by Gasteiger charge is -1.99. The predicted molar refractivity (Wildman–Crippen MR) is 95.2 cm³/mol. The van der Waals surface area contributed by atoms with Crippen LogP contribution in [0.5, 0.6) is 0 Å². The van der Waals surface area contributed by atoms with E-state index in [1.165, 1.54) is 24.3 Å². The number of aryl methyl sites for hydroxylation is 1. The normalized spacial score (nSPS) is 10.9. The summed E-state index contributed by atoms with van der Waals surface area (Å²) >= 11 is 0.